The van der Waals surface area contributed by atoms with Gasteiger partial charge in [0.15, 0.2) is 0 Å². The lowest BCUT2D eigenvalue weighted by atomic mass is 9.77. The zero-order chi connectivity index (χ0) is 28.8. The van der Waals surface area contributed by atoms with Crippen molar-refractivity contribution in [2.75, 3.05) is 0 Å². The zero-order valence-corrected chi connectivity index (χ0v) is 25.4. The topological polar surface area (TPSA) is 97.7 Å². The Morgan fingerprint density at radius 3 is 2.05 bits per heavy atom. The van der Waals surface area contributed by atoms with Gasteiger partial charge in [0.1, 0.15) is 10.6 Å². The smallest absolute Gasteiger partial charge is 0.339 e. The predicted molar refractivity (Wildman–Crippen MR) is 161 cm³/mol. The average Bonchev–Trinajstić information content (AvgIpc) is 3.78. The van der Waals surface area contributed by atoms with Crippen LogP contribution in [0.5, 0.6) is 5.75 Å². The Kier molecular flexibility index (Phi) is 6.33. The van der Waals surface area contributed by atoms with Crippen LogP contribution >= 0.6 is 0 Å². The molecule has 0 aliphatic heterocycles. The summed E-state index contributed by atoms with van der Waals surface area (Å²) in [6.45, 7) is 0. The van der Waals surface area contributed by atoms with E-state index in [2.05, 4.69) is 18.2 Å². The Hall–Kier alpha value is -2.42. The standard InChI is InChI=1S/C34H38O6S2/c35-41(36,37)32-14-13-31(26-7-3-4-8-27(26)32)40-42(38,39)34-30(28-17-20-9-11-23(28)15-20)19-22-5-1-2-6-25(22)33(34)29-18-21-10-12-24(29)16-21/h1-2,5-6,13-14,19-21,23-24,28-29H,3-4,7-12,15-18H2,(H,35,36,37). The molecule has 6 unspecified atom stereocenters. The highest BCUT2D eigenvalue weighted by Crippen LogP contribution is 2.59. The first kappa shape index (κ1) is 27.2. The quantitative estimate of drug-likeness (QED) is 0.230. The van der Waals surface area contributed by atoms with E-state index in [0.29, 0.717) is 52.5 Å². The third kappa shape index (κ3) is 4.34. The third-order valence-corrected chi connectivity index (χ3v) is 13.8. The van der Waals surface area contributed by atoms with Gasteiger partial charge in [-0.3, -0.25) is 4.55 Å². The summed E-state index contributed by atoms with van der Waals surface area (Å²) in [6.07, 6.45) is 11.7. The summed E-state index contributed by atoms with van der Waals surface area (Å²) in [7, 11) is -8.70. The minimum Gasteiger partial charge on any atom is -0.379 e. The second kappa shape index (κ2) is 9.80. The van der Waals surface area contributed by atoms with Crippen LogP contribution in [0.4, 0.5) is 0 Å². The second-order valence-corrected chi connectivity index (χ2v) is 16.6. The highest BCUT2D eigenvalue weighted by molar-refractivity contribution is 7.87. The SMILES string of the molecule is O=S(=O)(O)c1ccc(OS(=O)(=O)c2c(C3CC4CCC3C4)cc3ccccc3c2C2CC3CCC2C3)c2c1CCCC2. The van der Waals surface area contributed by atoms with Crippen LogP contribution in [-0.4, -0.2) is 21.4 Å². The zero-order valence-electron chi connectivity index (χ0n) is 23.8. The van der Waals surface area contributed by atoms with Crippen molar-refractivity contribution >= 4 is 31.0 Å². The van der Waals surface area contributed by atoms with E-state index >= 15 is 0 Å². The summed E-state index contributed by atoms with van der Waals surface area (Å²) < 4.78 is 69.9. The summed E-state index contributed by atoms with van der Waals surface area (Å²) in [5.41, 5.74) is 2.96. The van der Waals surface area contributed by atoms with E-state index in [0.717, 1.165) is 60.4 Å². The van der Waals surface area contributed by atoms with Crippen molar-refractivity contribution < 1.29 is 25.6 Å². The minimum absolute atomic E-state index is 0.141. The van der Waals surface area contributed by atoms with E-state index in [1.54, 1.807) is 0 Å². The molecule has 0 amide bonds. The van der Waals surface area contributed by atoms with Gasteiger partial charge in [-0.2, -0.15) is 16.8 Å². The molecule has 42 heavy (non-hydrogen) atoms. The van der Waals surface area contributed by atoms with Crippen molar-refractivity contribution in [3.63, 3.8) is 0 Å². The Morgan fingerprint density at radius 2 is 1.40 bits per heavy atom. The minimum atomic E-state index is -4.43. The predicted octanol–water partition coefficient (Wildman–Crippen LogP) is 7.54. The summed E-state index contributed by atoms with van der Waals surface area (Å²) in [4.78, 5) is 0.248. The molecule has 222 valence electrons. The maximum absolute atomic E-state index is 14.8. The molecule has 6 nitrogen and oxygen atoms in total. The number of hydrogen-bond donors (Lipinski definition) is 1. The van der Waals surface area contributed by atoms with Gasteiger partial charge in [0.25, 0.3) is 10.1 Å². The Bertz CT molecular complexity index is 1810. The Balaban J connectivity index is 1.33. The fraction of sp³-hybridized carbons (Fsp3) is 0.529. The molecule has 4 bridgehead atoms. The Labute approximate surface area is 248 Å². The van der Waals surface area contributed by atoms with Gasteiger partial charge < -0.3 is 4.18 Å². The maximum atomic E-state index is 14.8. The van der Waals surface area contributed by atoms with Gasteiger partial charge in [0, 0.05) is 5.56 Å². The molecule has 5 aliphatic carbocycles. The second-order valence-electron chi connectivity index (χ2n) is 13.7. The molecule has 3 aromatic carbocycles. The highest BCUT2D eigenvalue weighted by atomic mass is 32.2. The molecule has 0 heterocycles. The lowest BCUT2D eigenvalue weighted by Gasteiger charge is -2.31. The first-order chi connectivity index (χ1) is 20.2. The van der Waals surface area contributed by atoms with Crippen molar-refractivity contribution in [1.82, 2.24) is 0 Å². The van der Waals surface area contributed by atoms with Crippen LogP contribution < -0.4 is 4.18 Å². The van der Waals surface area contributed by atoms with Crippen LogP contribution in [-0.2, 0) is 33.1 Å². The highest BCUT2D eigenvalue weighted by Gasteiger charge is 2.47. The lowest BCUT2D eigenvalue weighted by Crippen LogP contribution is -2.23. The van der Waals surface area contributed by atoms with Crippen LogP contribution in [0, 0.1) is 23.7 Å². The first-order valence-electron chi connectivity index (χ1n) is 15.8. The van der Waals surface area contributed by atoms with Crippen molar-refractivity contribution in [2.24, 2.45) is 23.7 Å². The van der Waals surface area contributed by atoms with E-state index in [4.69, 9.17) is 4.18 Å². The van der Waals surface area contributed by atoms with Crippen LogP contribution in [0.25, 0.3) is 10.8 Å². The molecule has 6 atom stereocenters. The molecule has 4 fully saturated rings. The molecule has 0 radical (unpaired) electrons. The monoisotopic (exact) mass is 606 g/mol. The molecule has 0 aromatic heterocycles. The molecule has 1 N–H and O–H groups in total. The molecule has 3 aromatic rings. The van der Waals surface area contributed by atoms with Crippen LogP contribution in [0.1, 0.15) is 98.3 Å². The van der Waals surface area contributed by atoms with Gasteiger partial charge in [-0.15, -0.1) is 0 Å². The maximum Gasteiger partial charge on any atom is 0.339 e. The number of benzene rings is 3. The third-order valence-electron chi connectivity index (χ3n) is 11.5. The van der Waals surface area contributed by atoms with Gasteiger partial charge in [0.05, 0.1) is 4.90 Å². The van der Waals surface area contributed by atoms with Crippen molar-refractivity contribution in [3.05, 3.63) is 64.7 Å². The molecule has 4 saturated carbocycles. The van der Waals surface area contributed by atoms with Gasteiger partial charge in [-0.25, -0.2) is 0 Å². The summed E-state index contributed by atoms with van der Waals surface area (Å²) >= 11 is 0. The van der Waals surface area contributed by atoms with Gasteiger partial charge >= 0.3 is 10.1 Å². The fourth-order valence-electron chi connectivity index (χ4n) is 9.81. The van der Waals surface area contributed by atoms with Crippen molar-refractivity contribution in [1.29, 1.82) is 0 Å². The van der Waals surface area contributed by atoms with Gasteiger partial charge in [-0.05, 0) is 145 Å². The summed E-state index contributed by atoms with van der Waals surface area (Å²) in [6, 6.07) is 13.2. The molecular formula is C34H38O6S2. The van der Waals surface area contributed by atoms with Gasteiger partial charge in [-0.1, -0.05) is 37.1 Å². The molecular weight excluding hydrogens is 569 g/mol. The normalized spacial score (nSPS) is 30.2. The van der Waals surface area contributed by atoms with E-state index in [1.165, 1.54) is 37.8 Å². The first-order valence-corrected chi connectivity index (χ1v) is 18.6. The van der Waals surface area contributed by atoms with E-state index in [9.17, 15) is 21.4 Å². The molecule has 8 rings (SSSR count). The number of rotatable bonds is 6. The van der Waals surface area contributed by atoms with Crippen molar-refractivity contribution in [2.45, 2.75) is 98.7 Å². The van der Waals surface area contributed by atoms with Crippen LogP contribution in [0.15, 0.2) is 52.3 Å². The van der Waals surface area contributed by atoms with Crippen LogP contribution in [0.2, 0.25) is 0 Å². The van der Waals surface area contributed by atoms with E-state index < -0.39 is 20.2 Å². The van der Waals surface area contributed by atoms with E-state index in [-0.39, 0.29) is 22.5 Å². The number of hydrogen-bond acceptors (Lipinski definition) is 5. The fourth-order valence-corrected chi connectivity index (χ4v) is 12.1. The van der Waals surface area contributed by atoms with Gasteiger partial charge in [0.2, 0.25) is 0 Å². The molecule has 0 saturated heterocycles. The summed E-state index contributed by atoms with van der Waals surface area (Å²) in [5, 5.41) is 2.13. The molecule has 0 spiro atoms. The lowest BCUT2D eigenvalue weighted by molar-refractivity contribution is 0.400. The largest absolute Gasteiger partial charge is 0.379 e. The molecule has 5 aliphatic rings. The van der Waals surface area contributed by atoms with E-state index in [1.807, 2.05) is 12.1 Å². The summed E-state index contributed by atoms with van der Waals surface area (Å²) in [5.74, 6) is 2.90. The number of fused-ring (bicyclic) bond motifs is 6. The molecule has 8 heteroatoms. The van der Waals surface area contributed by atoms with Crippen LogP contribution in [0.3, 0.4) is 0 Å². The van der Waals surface area contributed by atoms with Crippen molar-refractivity contribution in [3.8, 4) is 5.75 Å². The average molecular weight is 607 g/mol. The Morgan fingerprint density at radius 1 is 0.738 bits per heavy atom.